The van der Waals surface area contributed by atoms with Crippen LogP contribution in [0.1, 0.15) is 49.5 Å². The Hall–Kier alpha value is -1.35. The largest absolute Gasteiger partial charge is 0.326 e. The summed E-state index contributed by atoms with van der Waals surface area (Å²) in [5.74, 6) is 2.19. The van der Waals surface area contributed by atoms with E-state index in [0.717, 1.165) is 11.4 Å². The highest BCUT2D eigenvalue weighted by molar-refractivity contribution is 5.77. The molecule has 2 saturated carbocycles. The van der Waals surface area contributed by atoms with Gasteiger partial charge in [0, 0.05) is 19.0 Å². The molecular weight excluding hydrogens is 234 g/mol. The zero-order valence-corrected chi connectivity index (χ0v) is 11.3. The fourth-order valence-corrected chi connectivity index (χ4v) is 3.16. The summed E-state index contributed by atoms with van der Waals surface area (Å²) in [4.78, 5) is 4.91. The topological polar surface area (TPSA) is 43.8 Å². The summed E-state index contributed by atoms with van der Waals surface area (Å²) in [5.41, 5.74) is 9.37. The molecule has 0 bridgehead atoms. The monoisotopic (exact) mass is 255 g/mol. The Morgan fingerprint density at radius 2 is 2.05 bits per heavy atom. The van der Waals surface area contributed by atoms with Gasteiger partial charge >= 0.3 is 0 Å². The summed E-state index contributed by atoms with van der Waals surface area (Å²) in [6.45, 7) is 0.601. The van der Waals surface area contributed by atoms with Crippen molar-refractivity contribution in [1.82, 2.24) is 9.55 Å². The fourth-order valence-electron chi connectivity index (χ4n) is 3.16. The summed E-state index contributed by atoms with van der Waals surface area (Å²) in [6.07, 6.45) is 8.00. The number of nitrogens with two attached hydrogens (primary N) is 1. The van der Waals surface area contributed by atoms with Crippen LogP contribution in [-0.4, -0.2) is 9.55 Å². The standard InChI is InChI=1S/C16H21N3/c17-10-12-4-7-15-14(8-12)18-16(9-11-2-1-3-11)19(15)13-5-6-13/h4,7-8,11,13H,1-3,5-6,9-10,17H2. The smallest absolute Gasteiger partial charge is 0.110 e. The zero-order chi connectivity index (χ0) is 12.8. The minimum absolute atomic E-state index is 0.601. The molecule has 0 spiro atoms. The molecule has 0 radical (unpaired) electrons. The van der Waals surface area contributed by atoms with E-state index in [1.165, 1.54) is 55.4 Å². The number of hydrogen-bond acceptors (Lipinski definition) is 2. The molecule has 2 fully saturated rings. The van der Waals surface area contributed by atoms with Crippen molar-refractivity contribution >= 4 is 11.0 Å². The molecule has 3 nitrogen and oxygen atoms in total. The lowest BCUT2D eigenvalue weighted by molar-refractivity contribution is 0.306. The van der Waals surface area contributed by atoms with Gasteiger partial charge < -0.3 is 10.3 Å². The van der Waals surface area contributed by atoms with Gasteiger partial charge in [0.15, 0.2) is 0 Å². The zero-order valence-electron chi connectivity index (χ0n) is 11.3. The summed E-state index contributed by atoms with van der Waals surface area (Å²) >= 11 is 0. The van der Waals surface area contributed by atoms with E-state index in [1.807, 2.05) is 0 Å². The van der Waals surface area contributed by atoms with Crippen molar-refractivity contribution in [2.75, 3.05) is 0 Å². The van der Waals surface area contributed by atoms with Gasteiger partial charge in [-0.15, -0.1) is 0 Å². The second kappa shape index (κ2) is 4.34. The van der Waals surface area contributed by atoms with Crippen molar-refractivity contribution in [3.63, 3.8) is 0 Å². The molecule has 0 atom stereocenters. The molecule has 0 unspecified atom stereocenters. The minimum atomic E-state index is 0.601. The predicted octanol–water partition coefficient (Wildman–Crippen LogP) is 3.17. The number of hydrogen-bond donors (Lipinski definition) is 1. The first-order valence-electron chi connectivity index (χ1n) is 7.55. The van der Waals surface area contributed by atoms with Crippen molar-refractivity contribution in [3.8, 4) is 0 Å². The normalized spacial score (nSPS) is 19.8. The summed E-state index contributed by atoms with van der Waals surface area (Å²) in [5, 5.41) is 0. The van der Waals surface area contributed by atoms with Crippen molar-refractivity contribution in [3.05, 3.63) is 29.6 Å². The molecule has 0 amide bonds. The first-order valence-corrected chi connectivity index (χ1v) is 7.55. The molecule has 2 aliphatic carbocycles. The van der Waals surface area contributed by atoms with E-state index in [0.29, 0.717) is 12.6 Å². The van der Waals surface area contributed by atoms with Crippen LogP contribution in [0.5, 0.6) is 0 Å². The average Bonchev–Trinajstić information content (AvgIpc) is 3.14. The Morgan fingerprint density at radius 3 is 2.68 bits per heavy atom. The van der Waals surface area contributed by atoms with E-state index < -0.39 is 0 Å². The summed E-state index contributed by atoms with van der Waals surface area (Å²) in [6, 6.07) is 7.24. The number of aromatic nitrogens is 2. The van der Waals surface area contributed by atoms with Crippen LogP contribution < -0.4 is 5.73 Å². The van der Waals surface area contributed by atoms with Crippen LogP contribution in [-0.2, 0) is 13.0 Å². The molecule has 1 aromatic carbocycles. The van der Waals surface area contributed by atoms with Crippen LogP contribution in [0.2, 0.25) is 0 Å². The van der Waals surface area contributed by atoms with Gasteiger partial charge in [-0.05, 0) is 36.5 Å². The predicted molar refractivity (Wildman–Crippen MR) is 76.9 cm³/mol. The van der Waals surface area contributed by atoms with Gasteiger partial charge in [0.25, 0.3) is 0 Å². The van der Waals surface area contributed by atoms with Crippen molar-refractivity contribution in [2.45, 2.75) is 51.1 Å². The van der Waals surface area contributed by atoms with Crippen molar-refractivity contribution in [2.24, 2.45) is 11.7 Å². The van der Waals surface area contributed by atoms with Gasteiger partial charge in [-0.3, -0.25) is 0 Å². The lowest BCUT2D eigenvalue weighted by Crippen LogP contribution is -2.16. The van der Waals surface area contributed by atoms with Crippen LogP contribution in [0.4, 0.5) is 0 Å². The molecule has 1 heterocycles. The molecule has 3 heteroatoms. The SMILES string of the molecule is NCc1ccc2c(c1)nc(CC1CCC1)n2C1CC1. The van der Waals surface area contributed by atoms with Crippen molar-refractivity contribution in [1.29, 1.82) is 0 Å². The van der Waals surface area contributed by atoms with Gasteiger partial charge in [-0.1, -0.05) is 25.3 Å². The molecule has 0 aliphatic heterocycles. The Bertz CT molecular complexity index is 606. The lowest BCUT2D eigenvalue weighted by atomic mass is 9.83. The number of benzene rings is 1. The Balaban J connectivity index is 1.78. The second-order valence-electron chi connectivity index (χ2n) is 6.16. The highest BCUT2D eigenvalue weighted by Crippen LogP contribution is 2.40. The summed E-state index contributed by atoms with van der Waals surface area (Å²) in [7, 11) is 0. The number of imidazole rings is 1. The van der Waals surface area contributed by atoms with Gasteiger partial charge in [-0.25, -0.2) is 4.98 Å². The molecule has 4 rings (SSSR count). The fraction of sp³-hybridized carbons (Fsp3) is 0.562. The maximum atomic E-state index is 5.73. The highest BCUT2D eigenvalue weighted by atomic mass is 15.1. The highest BCUT2D eigenvalue weighted by Gasteiger charge is 2.30. The van der Waals surface area contributed by atoms with Gasteiger partial charge in [0.2, 0.25) is 0 Å². The maximum Gasteiger partial charge on any atom is 0.110 e. The van der Waals surface area contributed by atoms with Gasteiger partial charge in [0.1, 0.15) is 5.82 Å². The van der Waals surface area contributed by atoms with E-state index in [4.69, 9.17) is 10.7 Å². The van der Waals surface area contributed by atoms with E-state index in [9.17, 15) is 0 Å². The van der Waals surface area contributed by atoms with Crippen LogP contribution in [0, 0.1) is 5.92 Å². The lowest BCUT2D eigenvalue weighted by Gasteiger charge is -2.25. The first-order chi connectivity index (χ1) is 9.35. The number of fused-ring (bicyclic) bond motifs is 1. The molecule has 2 aliphatic rings. The summed E-state index contributed by atoms with van der Waals surface area (Å²) < 4.78 is 2.51. The molecule has 2 aromatic rings. The molecule has 1 aromatic heterocycles. The molecular formula is C16H21N3. The minimum Gasteiger partial charge on any atom is -0.326 e. The Labute approximate surface area is 113 Å². The second-order valence-corrected chi connectivity index (χ2v) is 6.16. The van der Waals surface area contributed by atoms with E-state index in [-0.39, 0.29) is 0 Å². The Morgan fingerprint density at radius 1 is 1.21 bits per heavy atom. The quantitative estimate of drug-likeness (QED) is 0.912. The van der Waals surface area contributed by atoms with Gasteiger partial charge in [0.05, 0.1) is 11.0 Å². The van der Waals surface area contributed by atoms with Gasteiger partial charge in [-0.2, -0.15) is 0 Å². The van der Waals surface area contributed by atoms with E-state index in [1.54, 1.807) is 0 Å². The third kappa shape index (κ3) is 1.96. The van der Waals surface area contributed by atoms with Crippen LogP contribution >= 0.6 is 0 Å². The first kappa shape index (κ1) is 11.5. The molecule has 2 N–H and O–H groups in total. The third-order valence-electron chi connectivity index (χ3n) is 4.67. The number of rotatable bonds is 4. The molecule has 0 saturated heterocycles. The molecule has 100 valence electrons. The maximum absolute atomic E-state index is 5.73. The average molecular weight is 255 g/mol. The van der Waals surface area contributed by atoms with Crippen molar-refractivity contribution < 1.29 is 0 Å². The van der Waals surface area contributed by atoms with E-state index in [2.05, 4.69) is 22.8 Å². The van der Waals surface area contributed by atoms with Crippen LogP contribution in [0.3, 0.4) is 0 Å². The van der Waals surface area contributed by atoms with E-state index >= 15 is 0 Å². The Kier molecular flexibility index (Phi) is 2.62. The number of nitrogens with zero attached hydrogens (tertiary/aromatic N) is 2. The third-order valence-corrected chi connectivity index (χ3v) is 4.67. The van der Waals surface area contributed by atoms with Crippen LogP contribution in [0.25, 0.3) is 11.0 Å². The van der Waals surface area contributed by atoms with Crippen LogP contribution in [0.15, 0.2) is 18.2 Å². The molecule has 19 heavy (non-hydrogen) atoms.